The standard InChI is InChI=1S/C12H15NO/c1-9-3-5-11-7-10(8-14)4-6-12(11)13(9)2/h4,6-9H,3,5H2,1-2H3/t9-/m1/s1. The lowest BCUT2D eigenvalue weighted by Gasteiger charge is -2.33. The van der Waals surface area contributed by atoms with Gasteiger partial charge in [-0.1, -0.05) is 0 Å². The second-order valence-corrected chi connectivity index (χ2v) is 4.00. The maximum absolute atomic E-state index is 10.6. The van der Waals surface area contributed by atoms with Crippen LogP contribution in [0.25, 0.3) is 0 Å². The molecule has 0 saturated carbocycles. The zero-order chi connectivity index (χ0) is 10.1. The Kier molecular flexibility index (Phi) is 2.28. The molecule has 0 fully saturated rings. The van der Waals surface area contributed by atoms with Gasteiger partial charge in [0.15, 0.2) is 0 Å². The average molecular weight is 189 g/mol. The van der Waals surface area contributed by atoms with Gasteiger partial charge in [-0.2, -0.15) is 0 Å². The van der Waals surface area contributed by atoms with E-state index in [1.165, 1.54) is 17.7 Å². The predicted molar refractivity (Wildman–Crippen MR) is 58.0 cm³/mol. The number of carbonyl (C=O) groups excluding carboxylic acids is 1. The average Bonchev–Trinajstić information content (AvgIpc) is 2.23. The number of aryl methyl sites for hydroxylation is 1. The zero-order valence-electron chi connectivity index (χ0n) is 8.66. The summed E-state index contributed by atoms with van der Waals surface area (Å²) in [5.74, 6) is 0. The third-order valence-electron chi connectivity index (χ3n) is 3.11. The van der Waals surface area contributed by atoms with E-state index in [0.717, 1.165) is 18.3 Å². The van der Waals surface area contributed by atoms with E-state index in [2.05, 4.69) is 24.9 Å². The van der Waals surface area contributed by atoms with Crippen molar-refractivity contribution in [2.75, 3.05) is 11.9 Å². The molecule has 2 nitrogen and oxygen atoms in total. The highest BCUT2D eigenvalue weighted by Gasteiger charge is 2.19. The van der Waals surface area contributed by atoms with Crippen LogP contribution < -0.4 is 4.90 Å². The van der Waals surface area contributed by atoms with Gasteiger partial charge >= 0.3 is 0 Å². The van der Waals surface area contributed by atoms with E-state index in [-0.39, 0.29) is 0 Å². The Morgan fingerprint density at radius 2 is 2.29 bits per heavy atom. The van der Waals surface area contributed by atoms with E-state index < -0.39 is 0 Å². The molecule has 0 aromatic heterocycles. The van der Waals surface area contributed by atoms with Crippen molar-refractivity contribution in [3.63, 3.8) is 0 Å². The number of nitrogens with zero attached hydrogens (tertiary/aromatic N) is 1. The summed E-state index contributed by atoms with van der Waals surface area (Å²) in [6.45, 7) is 2.23. The van der Waals surface area contributed by atoms with Gasteiger partial charge in [-0.25, -0.2) is 0 Å². The van der Waals surface area contributed by atoms with Crippen LogP contribution in [0, 0.1) is 0 Å². The van der Waals surface area contributed by atoms with Crippen LogP contribution in [0.15, 0.2) is 18.2 Å². The number of hydrogen-bond donors (Lipinski definition) is 0. The molecule has 1 aliphatic rings. The monoisotopic (exact) mass is 189 g/mol. The first-order valence-corrected chi connectivity index (χ1v) is 5.03. The van der Waals surface area contributed by atoms with E-state index in [1.807, 2.05) is 12.1 Å². The van der Waals surface area contributed by atoms with Gasteiger partial charge in [-0.15, -0.1) is 0 Å². The van der Waals surface area contributed by atoms with Crippen molar-refractivity contribution >= 4 is 12.0 Å². The zero-order valence-corrected chi connectivity index (χ0v) is 8.66. The molecule has 1 aliphatic heterocycles. The van der Waals surface area contributed by atoms with Crippen LogP contribution in [0.1, 0.15) is 29.3 Å². The first kappa shape index (κ1) is 9.25. The molecular formula is C12H15NO. The van der Waals surface area contributed by atoms with E-state index in [0.29, 0.717) is 6.04 Å². The molecule has 2 heteroatoms. The van der Waals surface area contributed by atoms with E-state index >= 15 is 0 Å². The molecule has 14 heavy (non-hydrogen) atoms. The minimum Gasteiger partial charge on any atom is -0.372 e. The third kappa shape index (κ3) is 1.41. The molecule has 0 N–H and O–H groups in total. The summed E-state index contributed by atoms with van der Waals surface area (Å²) < 4.78 is 0. The Balaban J connectivity index is 2.43. The van der Waals surface area contributed by atoms with Crippen molar-refractivity contribution in [2.24, 2.45) is 0 Å². The van der Waals surface area contributed by atoms with Crippen LogP contribution in [0.4, 0.5) is 5.69 Å². The molecule has 1 aromatic carbocycles. The molecule has 2 rings (SSSR count). The maximum atomic E-state index is 10.6. The highest BCUT2D eigenvalue weighted by Crippen LogP contribution is 2.29. The fourth-order valence-corrected chi connectivity index (χ4v) is 2.02. The molecule has 0 radical (unpaired) electrons. The van der Waals surface area contributed by atoms with Crippen LogP contribution in [0.2, 0.25) is 0 Å². The summed E-state index contributed by atoms with van der Waals surface area (Å²) in [5, 5.41) is 0. The minimum atomic E-state index is 0.601. The fraction of sp³-hybridized carbons (Fsp3) is 0.417. The first-order valence-electron chi connectivity index (χ1n) is 5.03. The van der Waals surface area contributed by atoms with Gasteiger partial charge in [0, 0.05) is 24.3 Å². The summed E-state index contributed by atoms with van der Waals surface area (Å²) in [5.41, 5.74) is 3.36. The number of carbonyl (C=O) groups is 1. The molecule has 1 aromatic rings. The summed E-state index contributed by atoms with van der Waals surface area (Å²) in [7, 11) is 2.11. The largest absolute Gasteiger partial charge is 0.372 e. The molecule has 0 unspecified atom stereocenters. The molecule has 0 amide bonds. The molecular weight excluding hydrogens is 174 g/mol. The number of hydrogen-bond acceptors (Lipinski definition) is 2. The van der Waals surface area contributed by atoms with Gasteiger partial charge in [0.2, 0.25) is 0 Å². The van der Waals surface area contributed by atoms with E-state index in [1.54, 1.807) is 0 Å². The highest BCUT2D eigenvalue weighted by molar-refractivity contribution is 5.77. The van der Waals surface area contributed by atoms with Crippen molar-refractivity contribution in [3.8, 4) is 0 Å². The van der Waals surface area contributed by atoms with Gasteiger partial charge in [0.1, 0.15) is 6.29 Å². The maximum Gasteiger partial charge on any atom is 0.150 e. The van der Waals surface area contributed by atoms with Gasteiger partial charge in [0.05, 0.1) is 0 Å². The predicted octanol–water partition coefficient (Wildman–Crippen LogP) is 2.27. The van der Waals surface area contributed by atoms with Crippen molar-refractivity contribution in [1.82, 2.24) is 0 Å². The van der Waals surface area contributed by atoms with E-state index in [9.17, 15) is 4.79 Å². The number of benzene rings is 1. The number of rotatable bonds is 1. The van der Waals surface area contributed by atoms with Crippen LogP contribution in [-0.4, -0.2) is 19.4 Å². The van der Waals surface area contributed by atoms with Crippen molar-refractivity contribution in [2.45, 2.75) is 25.8 Å². The number of aldehydes is 1. The number of anilines is 1. The molecule has 0 spiro atoms. The molecule has 1 atom stereocenters. The Hall–Kier alpha value is -1.31. The summed E-state index contributed by atoms with van der Waals surface area (Å²) in [4.78, 5) is 12.9. The van der Waals surface area contributed by atoms with Crippen molar-refractivity contribution in [3.05, 3.63) is 29.3 Å². The first-order chi connectivity index (χ1) is 6.72. The van der Waals surface area contributed by atoms with Gasteiger partial charge in [0.25, 0.3) is 0 Å². The van der Waals surface area contributed by atoms with Gasteiger partial charge < -0.3 is 4.90 Å². The normalized spacial score (nSPS) is 20.4. The van der Waals surface area contributed by atoms with Gasteiger partial charge in [-0.3, -0.25) is 4.79 Å². The lowest BCUT2D eigenvalue weighted by atomic mass is 9.96. The summed E-state index contributed by atoms with van der Waals surface area (Å²) in [6.07, 6.45) is 3.17. The minimum absolute atomic E-state index is 0.601. The quantitative estimate of drug-likeness (QED) is 0.632. The molecule has 1 heterocycles. The molecule has 0 bridgehead atoms. The van der Waals surface area contributed by atoms with Crippen LogP contribution in [-0.2, 0) is 6.42 Å². The lowest BCUT2D eigenvalue weighted by molar-refractivity contribution is 0.112. The SMILES string of the molecule is C[C@@H]1CCc2cc(C=O)ccc2N1C. The summed E-state index contributed by atoms with van der Waals surface area (Å²) >= 11 is 0. The highest BCUT2D eigenvalue weighted by atomic mass is 16.1. The van der Waals surface area contributed by atoms with Crippen molar-refractivity contribution in [1.29, 1.82) is 0 Å². The van der Waals surface area contributed by atoms with Crippen LogP contribution >= 0.6 is 0 Å². The van der Waals surface area contributed by atoms with Crippen LogP contribution in [0.3, 0.4) is 0 Å². The molecule has 74 valence electrons. The van der Waals surface area contributed by atoms with Gasteiger partial charge in [-0.05, 0) is 43.5 Å². The Morgan fingerprint density at radius 3 is 3.00 bits per heavy atom. The van der Waals surface area contributed by atoms with Crippen molar-refractivity contribution < 1.29 is 4.79 Å². The fourth-order valence-electron chi connectivity index (χ4n) is 2.02. The molecule has 0 aliphatic carbocycles. The lowest BCUT2D eigenvalue weighted by Crippen LogP contribution is -2.33. The Bertz CT molecular complexity index is 359. The smallest absolute Gasteiger partial charge is 0.150 e. The summed E-state index contributed by atoms with van der Waals surface area (Å²) in [6, 6.07) is 6.55. The van der Waals surface area contributed by atoms with Crippen LogP contribution in [0.5, 0.6) is 0 Å². The Morgan fingerprint density at radius 1 is 1.50 bits per heavy atom. The van der Waals surface area contributed by atoms with E-state index in [4.69, 9.17) is 0 Å². The number of fused-ring (bicyclic) bond motifs is 1. The Labute approximate surface area is 84.5 Å². The molecule has 0 saturated heterocycles. The third-order valence-corrected chi connectivity index (χ3v) is 3.11. The second-order valence-electron chi connectivity index (χ2n) is 4.00. The topological polar surface area (TPSA) is 20.3 Å². The second kappa shape index (κ2) is 3.45.